The minimum Gasteiger partial charge on any atom is -0.354 e. The van der Waals surface area contributed by atoms with Gasteiger partial charge in [0.05, 0.1) is 5.69 Å². The van der Waals surface area contributed by atoms with E-state index in [0.29, 0.717) is 5.02 Å². The number of anilines is 2. The second-order valence-corrected chi connectivity index (χ2v) is 10.7. The molecule has 6 aromatic rings. The summed E-state index contributed by atoms with van der Waals surface area (Å²) in [5.74, 6) is 0. The van der Waals surface area contributed by atoms with Crippen molar-refractivity contribution in [3.05, 3.63) is 155 Å². The third-order valence-corrected chi connectivity index (χ3v) is 7.47. The highest BCUT2D eigenvalue weighted by Gasteiger charge is 2.16. The molecule has 0 amide bonds. The fourth-order valence-corrected chi connectivity index (χ4v) is 5.68. The fourth-order valence-electron chi connectivity index (χ4n) is 4.99. The summed E-state index contributed by atoms with van der Waals surface area (Å²) in [6, 6.07) is 50.6. The van der Waals surface area contributed by atoms with Crippen LogP contribution in [0.5, 0.6) is 0 Å². The number of nitrogens with one attached hydrogen (secondary N) is 1. The minimum atomic E-state index is 0.696. The molecular weight excluding hydrogens is 562 g/mol. The van der Waals surface area contributed by atoms with Crippen LogP contribution in [0.1, 0.15) is 0 Å². The Hall–Kier alpha value is -4.11. The Morgan fingerprint density at radius 1 is 0.436 bits per heavy atom. The van der Waals surface area contributed by atoms with Gasteiger partial charge in [0.25, 0.3) is 0 Å². The average molecular weight is 587 g/mol. The van der Waals surface area contributed by atoms with Crippen LogP contribution in [0.3, 0.4) is 0 Å². The number of benzene rings is 6. The van der Waals surface area contributed by atoms with Crippen molar-refractivity contribution in [3.8, 4) is 44.5 Å². The Morgan fingerprint density at radius 3 is 1.77 bits per heavy atom. The van der Waals surface area contributed by atoms with E-state index in [0.717, 1.165) is 49.2 Å². The molecule has 0 bridgehead atoms. The molecular formula is C36H25BrClN. The standard InChI is InChI=1S/C36H25BrClN/c37-29-22-27(25-11-3-1-4-12-25)21-28(23-29)32-17-7-8-18-34(32)35-20-10-19-33(26-13-5-2-6-14-26)36(35)39-31-16-9-15-30(38)24-31/h1-24,39H. The molecule has 0 aliphatic carbocycles. The molecule has 0 aliphatic heterocycles. The maximum Gasteiger partial charge on any atom is 0.0543 e. The predicted octanol–water partition coefficient (Wildman–Crippen LogP) is 11.5. The fraction of sp³-hybridized carbons (Fsp3) is 0. The second kappa shape index (κ2) is 11.3. The maximum atomic E-state index is 6.37. The molecule has 39 heavy (non-hydrogen) atoms. The normalized spacial score (nSPS) is 10.8. The first-order chi connectivity index (χ1) is 19.2. The van der Waals surface area contributed by atoms with Crippen LogP contribution in [0, 0.1) is 0 Å². The molecule has 0 spiro atoms. The Labute approximate surface area is 242 Å². The van der Waals surface area contributed by atoms with Crippen molar-refractivity contribution in [2.45, 2.75) is 0 Å². The van der Waals surface area contributed by atoms with E-state index in [-0.39, 0.29) is 0 Å². The zero-order valence-electron chi connectivity index (χ0n) is 21.1. The highest BCUT2D eigenvalue weighted by molar-refractivity contribution is 9.10. The van der Waals surface area contributed by atoms with E-state index in [1.54, 1.807) is 0 Å². The first-order valence-corrected chi connectivity index (χ1v) is 14.0. The summed E-state index contributed by atoms with van der Waals surface area (Å²) in [6.07, 6.45) is 0. The van der Waals surface area contributed by atoms with E-state index < -0.39 is 0 Å². The first-order valence-electron chi connectivity index (χ1n) is 12.8. The van der Waals surface area contributed by atoms with Gasteiger partial charge in [0.2, 0.25) is 0 Å². The SMILES string of the molecule is Clc1cccc(Nc2c(-c3ccccc3)cccc2-c2ccccc2-c2cc(Br)cc(-c3ccccc3)c2)c1. The summed E-state index contributed by atoms with van der Waals surface area (Å²) in [4.78, 5) is 0. The lowest BCUT2D eigenvalue weighted by Gasteiger charge is -2.20. The van der Waals surface area contributed by atoms with Crippen LogP contribution < -0.4 is 5.32 Å². The molecule has 0 unspecified atom stereocenters. The van der Waals surface area contributed by atoms with Crippen molar-refractivity contribution in [1.29, 1.82) is 0 Å². The van der Waals surface area contributed by atoms with Crippen LogP contribution in [0.25, 0.3) is 44.5 Å². The van der Waals surface area contributed by atoms with Crippen LogP contribution in [-0.4, -0.2) is 0 Å². The first kappa shape index (κ1) is 25.2. The molecule has 0 saturated carbocycles. The maximum absolute atomic E-state index is 6.37. The van der Waals surface area contributed by atoms with Gasteiger partial charge in [-0.25, -0.2) is 0 Å². The summed E-state index contributed by atoms with van der Waals surface area (Å²) in [5, 5.41) is 4.41. The van der Waals surface area contributed by atoms with Crippen LogP contribution in [0.4, 0.5) is 11.4 Å². The van der Waals surface area contributed by atoms with Gasteiger partial charge in [-0.05, 0) is 69.8 Å². The van der Waals surface area contributed by atoms with E-state index in [9.17, 15) is 0 Å². The van der Waals surface area contributed by atoms with Gasteiger partial charge in [-0.15, -0.1) is 0 Å². The molecule has 0 aliphatic rings. The minimum absolute atomic E-state index is 0.696. The molecule has 6 rings (SSSR count). The van der Waals surface area contributed by atoms with E-state index in [4.69, 9.17) is 11.6 Å². The number of para-hydroxylation sites is 1. The van der Waals surface area contributed by atoms with Gasteiger partial charge in [-0.3, -0.25) is 0 Å². The topological polar surface area (TPSA) is 12.0 Å². The van der Waals surface area contributed by atoms with Crippen molar-refractivity contribution >= 4 is 38.9 Å². The van der Waals surface area contributed by atoms with E-state index in [1.807, 2.05) is 36.4 Å². The molecule has 188 valence electrons. The second-order valence-electron chi connectivity index (χ2n) is 9.37. The third kappa shape index (κ3) is 5.54. The largest absolute Gasteiger partial charge is 0.354 e. The van der Waals surface area contributed by atoms with Gasteiger partial charge >= 0.3 is 0 Å². The lowest BCUT2D eigenvalue weighted by atomic mass is 9.89. The smallest absolute Gasteiger partial charge is 0.0543 e. The molecule has 0 saturated heterocycles. The Kier molecular flexibility index (Phi) is 7.31. The molecule has 0 aromatic heterocycles. The summed E-state index contributed by atoms with van der Waals surface area (Å²) < 4.78 is 1.05. The van der Waals surface area contributed by atoms with Crippen LogP contribution in [0.15, 0.2) is 150 Å². The van der Waals surface area contributed by atoms with Gasteiger partial charge < -0.3 is 5.32 Å². The third-order valence-electron chi connectivity index (χ3n) is 6.78. The molecule has 6 aromatic carbocycles. The van der Waals surface area contributed by atoms with Gasteiger partial charge in [0, 0.05) is 26.3 Å². The summed E-state index contributed by atoms with van der Waals surface area (Å²) in [5.41, 5.74) is 11.2. The number of hydrogen-bond donors (Lipinski definition) is 1. The number of halogens is 2. The monoisotopic (exact) mass is 585 g/mol. The Bertz CT molecular complexity index is 1750. The molecule has 0 heterocycles. The molecule has 1 nitrogen and oxygen atoms in total. The average Bonchev–Trinajstić information content (AvgIpc) is 2.98. The molecule has 1 N–H and O–H groups in total. The highest BCUT2D eigenvalue weighted by Crippen LogP contribution is 2.43. The molecule has 0 radical (unpaired) electrons. The predicted molar refractivity (Wildman–Crippen MR) is 171 cm³/mol. The number of hydrogen-bond acceptors (Lipinski definition) is 1. The van der Waals surface area contributed by atoms with Crippen LogP contribution in [0.2, 0.25) is 5.02 Å². The van der Waals surface area contributed by atoms with E-state index >= 15 is 0 Å². The summed E-state index contributed by atoms with van der Waals surface area (Å²) in [7, 11) is 0. The molecule has 0 atom stereocenters. The van der Waals surface area contributed by atoms with Crippen molar-refractivity contribution in [1.82, 2.24) is 0 Å². The molecule has 0 fully saturated rings. The van der Waals surface area contributed by atoms with Gasteiger partial charge in [-0.2, -0.15) is 0 Å². The van der Waals surface area contributed by atoms with Crippen molar-refractivity contribution in [2.24, 2.45) is 0 Å². The highest BCUT2D eigenvalue weighted by atomic mass is 79.9. The lowest BCUT2D eigenvalue weighted by Crippen LogP contribution is -1.98. The summed E-state index contributed by atoms with van der Waals surface area (Å²) in [6.45, 7) is 0. The van der Waals surface area contributed by atoms with Crippen LogP contribution >= 0.6 is 27.5 Å². The van der Waals surface area contributed by atoms with Gasteiger partial charge in [0.1, 0.15) is 0 Å². The van der Waals surface area contributed by atoms with Crippen molar-refractivity contribution in [2.75, 3.05) is 5.32 Å². The Balaban J connectivity index is 1.55. The van der Waals surface area contributed by atoms with E-state index in [1.165, 1.54) is 11.1 Å². The molecule has 3 heteroatoms. The zero-order chi connectivity index (χ0) is 26.6. The Morgan fingerprint density at radius 2 is 1.03 bits per heavy atom. The van der Waals surface area contributed by atoms with Gasteiger partial charge in [-0.1, -0.05) is 137 Å². The quantitative estimate of drug-likeness (QED) is 0.205. The number of rotatable bonds is 6. The lowest BCUT2D eigenvalue weighted by molar-refractivity contribution is 1.51. The van der Waals surface area contributed by atoms with Crippen LogP contribution in [-0.2, 0) is 0 Å². The van der Waals surface area contributed by atoms with E-state index in [2.05, 4.69) is 130 Å². The summed E-state index contributed by atoms with van der Waals surface area (Å²) >= 11 is 10.1. The van der Waals surface area contributed by atoms with Gasteiger partial charge in [0.15, 0.2) is 0 Å². The zero-order valence-corrected chi connectivity index (χ0v) is 23.5. The van der Waals surface area contributed by atoms with Crippen molar-refractivity contribution in [3.63, 3.8) is 0 Å². The van der Waals surface area contributed by atoms with Crippen molar-refractivity contribution < 1.29 is 0 Å².